The minimum Gasteiger partial charge on any atom is -0.491 e. The second-order valence-corrected chi connectivity index (χ2v) is 6.01. The molecule has 132 valence electrons. The van der Waals surface area contributed by atoms with Gasteiger partial charge in [0.2, 0.25) is 11.8 Å². The second kappa shape index (κ2) is 9.27. The summed E-state index contributed by atoms with van der Waals surface area (Å²) in [7, 11) is 1.63. The van der Waals surface area contributed by atoms with Gasteiger partial charge in [0.05, 0.1) is 6.61 Å². The Morgan fingerprint density at radius 1 is 1.25 bits per heavy atom. The third kappa shape index (κ3) is 5.53. The molecule has 1 aliphatic rings. The summed E-state index contributed by atoms with van der Waals surface area (Å²) in [5.41, 5.74) is 0.719. The summed E-state index contributed by atoms with van der Waals surface area (Å²) in [6, 6.07) is 7.15. The van der Waals surface area contributed by atoms with Crippen LogP contribution in [0.5, 0.6) is 5.75 Å². The molecule has 1 aromatic rings. The lowest BCUT2D eigenvalue weighted by Crippen LogP contribution is -2.43. The molecule has 6 nitrogen and oxygen atoms in total. The maximum atomic E-state index is 12.2. The Labute approximate surface area is 143 Å². The molecule has 6 heteroatoms. The maximum absolute atomic E-state index is 12.2. The maximum Gasteiger partial charge on any atom is 0.226 e. The van der Waals surface area contributed by atoms with E-state index in [2.05, 4.69) is 5.32 Å². The smallest absolute Gasteiger partial charge is 0.226 e. The van der Waals surface area contributed by atoms with Crippen LogP contribution in [0.2, 0.25) is 0 Å². The van der Waals surface area contributed by atoms with E-state index >= 15 is 0 Å². The van der Waals surface area contributed by atoms with Crippen LogP contribution in [0, 0.1) is 0 Å². The van der Waals surface area contributed by atoms with Crippen LogP contribution in [-0.2, 0) is 14.3 Å². The number of methoxy groups -OCH3 is 1. The third-order valence-corrected chi connectivity index (χ3v) is 4.07. The molecule has 0 aromatic heterocycles. The Morgan fingerprint density at radius 3 is 2.67 bits per heavy atom. The summed E-state index contributed by atoms with van der Waals surface area (Å²) < 4.78 is 10.4. The van der Waals surface area contributed by atoms with E-state index in [0.29, 0.717) is 26.1 Å². The number of carbonyl (C=O) groups is 2. The summed E-state index contributed by atoms with van der Waals surface area (Å²) in [6.45, 7) is 3.70. The number of hydrogen-bond donors (Lipinski definition) is 1. The van der Waals surface area contributed by atoms with Crippen LogP contribution in [0.25, 0.3) is 0 Å². The van der Waals surface area contributed by atoms with E-state index in [4.69, 9.17) is 9.47 Å². The summed E-state index contributed by atoms with van der Waals surface area (Å²) >= 11 is 0. The van der Waals surface area contributed by atoms with Crippen LogP contribution in [0.3, 0.4) is 0 Å². The number of piperidine rings is 1. The van der Waals surface area contributed by atoms with E-state index in [1.165, 1.54) is 0 Å². The first-order valence-electron chi connectivity index (χ1n) is 8.41. The number of anilines is 1. The average molecular weight is 334 g/mol. The predicted octanol–water partition coefficient (Wildman–Crippen LogP) is 2.44. The van der Waals surface area contributed by atoms with Gasteiger partial charge in [-0.3, -0.25) is 9.59 Å². The van der Waals surface area contributed by atoms with Gasteiger partial charge in [0.25, 0.3) is 0 Å². The molecule has 1 aromatic carbocycles. The summed E-state index contributed by atoms with van der Waals surface area (Å²) in [4.78, 5) is 25.9. The average Bonchev–Trinajstić information content (AvgIpc) is 2.57. The fourth-order valence-corrected chi connectivity index (χ4v) is 2.76. The lowest BCUT2D eigenvalue weighted by Gasteiger charge is -2.32. The number of rotatable bonds is 8. The van der Waals surface area contributed by atoms with Crippen molar-refractivity contribution in [3.8, 4) is 5.75 Å². The molecule has 1 saturated heterocycles. The van der Waals surface area contributed by atoms with Crippen molar-refractivity contribution in [1.29, 1.82) is 0 Å². The minimum atomic E-state index is -0.0890. The van der Waals surface area contributed by atoms with Crippen molar-refractivity contribution in [1.82, 2.24) is 4.90 Å². The van der Waals surface area contributed by atoms with Crippen LogP contribution in [0.4, 0.5) is 5.69 Å². The van der Waals surface area contributed by atoms with Gasteiger partial charge < -0.3 is 19.7 Å². The van der Waals surface area contributed by atoms with Crippen molar-refractivity contribution in [2.45, 2.75) is 38.6 Å². The van der Waals surface area contributed by atoms with Gasteiger partial charge in [-0.1, -0.05) is 0 Å². The number of carbonyl (C=O) groups excluding carboxylic acids is 2. The molecule has 0 radical (unpaired) electrons. The zero-order valence-corrected chi connectivity index (χ0v) is 14.4. The fraction of sp³-hybridized carbons (Fsp3) is 0.556. The molecule has 0 aliphatic carbocycles. The van der Waals surface area contributed by atoms with Crippen molar-refractivity contribution >= 4 is 17.5 Å². The SMILES string of the molecule is COCCOc1ccc(NC(=O)CC(C)N2CCCCC2=O)cc1. The summed E-state index contributed by atoms with van der Waals surface area (Å²) in [6.07, 6.45) is 2.86. The van der Waals surface area contributed by atoms with Crippen molar-refractivity contribution in [3.63, 3.8) is 0 Å². The minimum absolute atomic E-state index is 0.0746. The molecule has 1 atom stereocenters. The quantitative estimate of drug-likeness (QED) is 0.742. The topological polar surface area (TPSA) is 67.9 Å². The predicted molar refractivity (Wildman–Crippen MR) is 92.1 cm³/mol. The van der Waals surface area contributed by atoms with Crippen LogP contribution in [0.1, 0.15) is 32.6 Å². The number of nitrogens with zero attached hydrogens (tertiary/aromatic N) is 1. The summed E-state index contributed by atoms with van der Waals surface area (Å²) in [5.74, 6) is 0.797. The van der Waals surface area contributed by atoms with E-state index in [1.807, 2.05) is 24.0 Å². The van der Waals surface area contributed by atoms with E-state index in [9.17, 15) is 9.59 Å². The Hall–Kier alpha value is -2.08. The van der Waals surface area contributed by atoms with Crippen LogP contribution >= 0.6 is 0 Å². The van der Waals surface area contributed by atoms with Gasteiger partial charge in [-0.2, -0.15) is 0 Å². The van der Waals surface area contributed by atoms with E-state index in [-0.39, 0.29) is 17.9 Å². The highest BCUT2D eigenvalue weighted by molar-refractivity contribution is 5.91. The monoisotopic (exact) mass is 334 g/mol. The zero-order valence-electron chi connectivity index (χ0n) is 14.4. The zero-order chi connectivity index (χ0) is 17.4. The first kappa shape index (κ1) is 18.3. The van der Waals surface area contributed by atoms with Crippen LogP contribution in [0.15, 0.2) is 24.3 Å². The van der Waals surface area contributed by atoms with Crippen molar-refractivity contribution < 1.29 is 19.1 Å². The molecule has 0 saturated carbocycles. The fourth-order valence-electron chi connectivity index (χ4n) is 2.76. The molecule has 1 fully saturated rings. The molecule has 1 unspecified atom stereocenters. The molecular formula is C18H26N2O4. The van der Waals surface area contributed by atoms with Gasteiger partial charge in [0, 0.05) is 38.2 Å². The van der Waals surface area contributed by atoms with Crippen molar-refractivity contribution in [3.05, 3.63) is 24.3 Å². The molecule has 2 amide bonds. The largest absolute Gasteiger partial charge is 0.491 e. The highest BCUT2D eigenvalue weighted by Crippen LogP contribution is 2.18. The number of likely N-dealkylation sites (tertiary alicyclic amines) is 1. The lowest BCUT2D eigenvalue weighted by atomic mass is 10.1. The van der Waals surface area contributed by atoms with Gasteiger partial charge in [0.15, 0.2) is 0 Å². The first-order valence-corrected chi connectivity index (χ1v) is 8.41. The Morgan fingerprint density at radius 2 is 2.00 bits per heavy atom. The number of amides is 2. The van der Waals surface area contributed by atoms with Gasteiger partial charge in [-0.25, -0.2) is 0 Å². The number of nitrogens with one attached hydrogen (secondary N) is 1. The third-order valence-electron chi connectivity index (χ3n) is 4.07. The van der Waals surface area contributed by atoms with Crippen LogP contribution < -0.4 is 10.1 Å². The normalized spacial score (nSPS) is 15.9. The summed E-state index contributed by atoms with van der Waals surface area (Å²) in [5, 5.41) is 2.86. The van der Waals surface area contributed by atoms with E-state index in [0.717, 1.165) is 30.8 Å². The molecule has 1 heterocycles. The molecule has 2 rings (SSSR count). The van der Waals surface area contributed by atoms with Crippen molar-refractivity contribution in [2.24, 2.45) is 0 Å². The van der Waals surface area contributed by atoms with Crippen LogP contribution in [-0.4, -0.2) is 49.6 Å². The van der Waals surface area contributed by atoms with Gasteiger partial charge >= 0.3 is 0 Å². The Kier molecular flexibility index (Phi) is 7.06. The molecular weight excluding hydrogens is 308 g/mol. The Balaban J connectivity index is 1.80. The van der Waals surface area contributed by atoms with Crippen molar-refractivity contribution in [2.75, 3.05) is 32.2 Å². The first-order chi connectivity index (χ1) is 11.6. The standard InChI is InChI=1S/C18H26N2O4/c1-14(20-10-4-3-5-18(20)22)13-17(21)19-15-6-8-16(9-7-15)24-12-11-23-2/h6-9,14H,3-5,10-13H2,1-2H3,(H,19,21). The molecule has 0 bridgehead atoms. The molecule has 1 N–H and O–H groups in total. The van der Waals surface area contributed by atoms with E-state index < -0.39 is 0 Å². The number of ether oxygens (including phenoxy) is 2. The van der Waals surface area contributed by atoms with Gasteiger partial charge in [-0.15, -0.1) is 0 Å². The van der Waals surface area contributed by atoms with Gasteiger partial charge in [-0.05, 0) is 44.0 Å². The number of hydrogen-bond acceptors (Lipinski definition) is 4. The highest BCUT2D eigenvalue weighted by atomic mass is 16.5. The van der Waals surface area contributed by atoms with E-state index in [1.54, 1.807) is 19.2 Å². The Bertz CT molecular complexity index is 544. The second-order valence-electron chi connectivity index (χ2n) is 6.01. The lowest BCUT2D eigenvalue weighted by molar-refractivity contribution is -0.136. The highest BCUT2D eigenvalue weighted by Gasteiger charge is 2.24. The van der Waals surface area contributed by atoms with Gasteiger partial charge in [0.1, 0.15) is 12.4 Å². The molecule has 1 aliphatic heterocycles. The molecule has 0 spiro atoms. The molecule has 24 heavy (non-hydrogen) atoms. The number of benzene rings is 1.